The number of nitrogens with zero attached hydrogens (tertiary/aromatic N) is 1. The minimum atomic E-state index is -0.635. The summed E-state index contributed by atoms with van der Waals surface area (Å²) >= 11 is 5.17. The molecule has 0 aromatic heterocycles. The number of rotatable bonds is 3. The van der Waals surface area contributed by atoms with E-state index in [-0.39, 0.29) is 5.56 Å². The molecule has 0 spiro atoms. The predicted octanol–water partition coefficient (Wildman–Crippen LogP) is 3.49. The van der Waals surface area contributed by atoms with Gasteiger partial charge in [-0.25, -0.2) is 8.78 Å². The summed E-state index contributed by atoms with van der Waals surface area (Å²) in [4.78, 5) is 0. The largest absolute Gasteiger partial charge is 0.359 e. The molecule has 1 fully saturated rings. The molecule has 1 aromatic carbocycles. The molecule has 0 heterocycles. The molecule has 1 aliphatic carbocycles. The minimum Gasteiger partial charge on any atom is -0.359 e. The Morgan fingerprint density at radius 2 is 1.95 bits per heavy atom. The van der Waals surface area contributed by atoms with Crippen LogP contribution in [0.25, 0.3) is 0 Å². The molecular formula is C15H19F2N3S. The van der Waals surface area contributed by atoms with Crippen molar-refractivity contribution < 1.29 is 8.78 Å². The number of hydrogen-bond donors (Lipinski definition) is 2. The zero-order chi connectivity index (χ0) is 15.2. The average molecular weight is 311 g/mol. The van der Waals surface area contributed by atoms with E-state index in [2.05, 4.69) is 15.8 Å². The Morgan fingerprint density at radius 1 is 1.24 bits per heavy atom. The fourth-order valence-electron chi connectivity index (χ4n) is 2.44. The summed E-state index contributed by atoms with van der Waals surface area (Å²) in [5.41, 5.74) is 3.39. The van der Waals surface area contributed by atoms with Crippen molar-refractivity contribution in [3.05, 3.63) is 35.4 Å². The molecule has 21 heavy (non-hydrogen) atoms. The quantitative estimate of drug-likeness (QED) is 0.510. The Morgan fingerprint density at radius 3 is 2.62 bits per heavy atom. The maximum Gasteiger partial charge on any atom is 0.187 e. The normalized spacial score (nSPS) is 16.6. The van der Waals surface area contributed by atoms with Gasteiger partial charge in [-0.05, 0) is 44.1 Å². The topological polar surface area (TPSA) is 36.4 Å². The second-order valence-corrected chi connectivity index (χ2v) is 5.65. The highest BCUT2D eigenvalue weighted by molar-refractivity contribution is 7.80. The van der Waals surface area contributed by atoms with Gasteiger partial charge in [-0.3, -0.25) is 5.43 Å². The van der Waals surface area contributed by atoms with Crippen LogP contribution in [0.5, 0.6) is 0 Å². The number of thiocarbonyl (C=S) groups is 1. The van der Waals surface area contributed by atoms with Crippen molar-refractivity contribution in [2.45, 2.75) is 45.1 Å². The molecule has 3 nitrogen and oxygen atoms in total. The van der Waals surface area contributed by atoms with Crippen LogP contribution in [0.4, 0.5) is 8.78 Å². The Bertz CT molecular complexity index is 540. The van der Waals surface area contributed by atoms with Crippen LogP contribution < -0.4 is 10.7 Å². The minimum absolute atomic E-state index is 0.254. The van der Waals surface area contributed by atoms with Crippen molar-refractivity contribution in [1.82, 2.24) is 10.7 Å². The van der Waals surface area contributed by atoms with Crippen LogP contribution >= 0.6 is 12.2 Å². The van der Waals surface area contributed by atoms with Crippen LogP contribution in [0.3, 0.4) is 0 Å². The van der Waals surface area contributed by atoms with E-state index in [4.69, 9.17) is 12.2 Å². The van der Waals surface area contributed by atoms with Gasteiger partial charge >= 0.3 is 0 Å². The summed E-state index contributed by atoms with van der Waals surface area (Å²) < 4.78 is 26.5. The van der Waals surface area contributed by atoms with Crippen LogP contribution in [0, 0.1) is 11.6 Å². The lowest BCUT2D eigenvalue weighted by molar-refractivity contribution is 0.412. The van der Waals surface area contributed by atoms with Crippen LogP contribution in [-0.4, -0.2) is 16.9 Å². The summed E-state index contributed by atoms with van der Waals surface area (Å²) in [5.74, 6) is -1.24. The maximum atomic E-state index is 13.6. The first kappa shape index (κ1) is 15.8. The first-order valence-electron chi connectivity index (χ1n) is 7.12. The number of benzene rings is 1. The van der Waals surface area contributed by atoms with Gasteiger partial charge in [-0.2, -0.15) is 5.10 Å². The Labute approximate surface area is 128 Å². The van der Waals surface area contributed by atoms with E-state index in [9.17, 15) is 8.78 Å². The van der Waals surface area contributed by atoms with Crippen molar-refractivity contribution in [2.75, 3.05) is 0 Å². The Balaban J connectivity index is 1.91. The van der Waals surface area contributed by atoms with E-state index in [1.54, 1.807) is 6.92 Å². The van der Waals surface area contributed by atoms with E-state index in [0.717, 1.165) is 18.9 Å². The molecule has 0 unspecified atom stereocenters. The van der Waals surface area contributed by atoms with Gasteiger partial charge < -0.3 is 5.32 Å². The highest BCUT2D eigenvalue weighted by Gasteiger charge is 2.13. The fourth-order valence-corrected chi connectivity index (χ4v) is 2.65. The number of halogens is 2. The zero-order valence-corrected chi connectivity index (χ0v) is 12.8. The molecule has 1 saturated carbocycles. The molecule has 1 aliphatic rings. The van der Waals surface area contributed by atoms with Gasteiger partial charge in [0.1, 0.15) is 11.6 Å². The molecule has 0 radical (unpaired) electrons. The first-order valence-corrected chi connectivity index (χ1v) is 7.53. The SMILES string of the molecule is C/C(=N\NC(=S)NC1CCCCC1)c1ccc(F)cc1F. The Kier molecular flexibility index (Phi) is 5.61. The van der Waals surface area contributed by atoms with Crippen molar-refractivity contribution in [2.24, 2.45) is 5.10 Å². The van der Waals surface area contributed by atoms with E-state index in [0.29, 0.717) is 16.9 Å². The zero-order valence-electron chi connectivity index (χ0n) is 12.0. The van der Waals surface area contributed by atoms with Crippen LogP contribution in [-0.2, 0) is 0 Å². The third-order valence-electron chi connectivity index (χ3n) is 3.59. The molecule has 0 aliphatic heterocycles. The number of hydrogen-bond acceptors (Lipinski definition) is 2. The van der Waals surface area contributed by atoms with Gasteiger partial charge in [-0.15, -0.1) is 0 Å². The number of hydrazone groups is 1. The van der Waals surface area contributed by atoms with Crippen LogP contribution in [0.2, 0.25) is 0 Å². The van der Waals surface area contributed by atoms with E-state index in [1.807, 2.05) is 0 Å². The molecule has 0 bridgehead atoms. The molecule has 0 atom stereocenters. The smallest absolute Gasteiger partial charge is 0.187 e. The highest BCUT2D eigenvalue weighted by atomic mass is 32.1. The average Bonchev–Trinajstić information content (AvgIpc) is 2.46. The van der Waals surface area contributed by atoms with Gasteiger partial charge in [-0.1, -0.05) is 19.3 Å². The maximum absolute atomic E-state index is 13.6. The second-order valence-electron chi connectivity index (χ2n) is 5.24. The lowest BCUT2D eigenvalue weighted by Gasteiger charge is -2.23. The van der Waals surface area contributed by atoms with Crippen molar-refractivity contribution >= 4 is 23.0 Å². The summed E-state index contributed by atoms with van der Waals surface area (Å²) in [6, 6.07) is 3.79. The summed E-state index contributed by atoms with van der Waals surface area (Å²) in [7, 11) is 0. The van der Waals surface area contributed by atoms with Gasteiger partial charge in [0.15, 0.2) is 5.11 Å². The van der Waals surface area contributed by atoms with Gasteiger partial charge in [0.05, 0.1) is 5.71 Å². The molecule has 2 N–H and O–H groups in total. The molecule has 114 valence electrons. The van der Waals surface area contributed by atoms with Gasteiger partial charge in [0.25, 0.3) is 0 Å². The number of nitrogens with one attached hydrogen (secondary N) is 2. The lowest BCUT2D eigenvalue weighted by Crippen LogP contribution is -2.41. The Hall–Kier alpha value is -1.56. The second kappa shape index (κ2) is 7.45. The van der Waals surface area contributed by atoms with Crippen molar-refractivity contribution in [3.63, 3.8) is 0 Å². The third-order valence-corrected chi connectivity index (χ3v) is 3.80. The molecular weight excluding hydrogens is 292 g/mol. The molecule has 1 aromatic rings. The van der Waals surface area contributed by atoms with E-state index >= 15 is 0 Å². The third kappa shape index (κ3) is 4.74. The standard InChI is InChI=1S/C15H19F2N3S/c1-10(13-8-7-11(16)9-14(13)17)19-20-15(21)18-12-5-3-2-4-6-12/h7-9,12H,2-6H2,1H3,(H2,18,20,21)/b19-10+. The summed E-state index contributed by atoms with van der Waals surface area (Å²) in [5, 5.41) is 7.69. The first-order chi connectivity index (χ1) is 10.1. The lowest BCUT2D eigenvalue weighted by atomic mass is 9.96. The molecule has 0 amide bonds. The summed E-state index contributed by atoms with van der Waals surface area (Å²) in [6.07, 6.45) is 5.92. The van der Waals surface area contributed by atoms with Gasteiger partial charge in [0.2, 0.25) is 0 Å². The van der Waals surface area contributed by atoms with E-state index < -0.39 is 11.6 Å². The van der Waals surface area contributed by atoms with Crippen molar-refractivity contribution in [1.29, 1.82) is 0 Å². The fraction of sp³-hybridized carbons (Fsp3) is 0.467. The summed E-state index contributed by atoms with van der Waals surface area (Å²) in [6.45, 7) is 1.65. The predicted molar refractivity (Wildman–Crippen MR) is 84.3 cm³/mol. The van der Waals surface area contributed by atoms with Gasteiger partial charge in [0, 0.05) is 17.7 Å². The molecule has 6 heteroatoms. The monoisotopic (exact) mass is 311 g/mol. The van der Waals surface area contributed by atoms with Crippen LogP contribution in [0.15, 0.2) is 23.3 Å². The van der Waals surface area contributed by atoms with E-state index in [1.165, 1.54) is 31.4 Å². The van der Waals surface area contributed by atoms with Crippen molar-refractivity contribution in [3.8, 4) is 0 Å². The molecule has 0 saturated heterocycles. The van der Waals surface area contributed by atoms with Crippen LogP contribution in [0.1, 0.15) is 44.6 Å². The molecule has 2 rings (SSSR count). The highest BCUT2D eigenvalue weighted by Crippen LogP contribution is 2.17.